The van der Waals surface area contributed by atoms with Gasteiger partial charge in [-0.2, -0.15) is 0 Å². The first-order valence-electron chi connectivity index (χ1n) is 3.17. The molecule has 0 fully saturated rings. The van der Waals surface area contributed by atoms with Crippen molar-refractivity contribution in [2.24, 2.45) is 0 Å². The van der Waals surface area contributed by atoms with Crippen molar-refractivity contribution in [3.8, 4) is 5.75 Å². The quantitative estimate of drug-likeness (QED) is 0.664. The van der Waals surface area contributed by atoms with Crippen molar-refractivity contribution >= 4 is 5.82 Å². The summed E-state index contributed by atoms with van der Waals surface area (Å²) >= 11 is 0. The summed E-state index contributed by atoms with van der Waals surface area (Å²) in [5.41, 5.74) is 5.40. The summed E-state index contributed by atoms with van der Waals surface area (Å²) in [5.74, 6) is 1.26. The van der Waals surface area contributed by atoms with E-state index in [0.29, 0.717) is 12.4 Å². The molecule has 10 heavy (non-hydrogen) atoms. The normalized spacial score (nSPS) is 9.30. The van der Waals surface area contributed by atoms with Crippen molar-refractivity contribution in [2.45, 2.75) is 6.92 Å². The third kappa shape index (κ3) is 1.62. The molecule has 0 aliphatic heterocycles. The summed E-state index contributed by atoms with van der Waals surface area (Å²) in [5, 5.41) is 0. The standard InChI is InChI=1S/C7H10N2O/c1-2-10-6-3-4-9-7(8)5-6/h3-5H,2H2,1H3,(H2,8,9). The first-order chi connectivity index (χ1) is 4.83. The van der Waals surface area contributed by atoms with Crippen LogP contribution in [0.5, 0.6) is 5.75 Å². The minimum absolute atomic E-state index is 0.492. The summed E-state index contributed by atoms with van der Waals surface area (Å²) in [7, 11) is 0. The predicted octanol–water partition coefficient (Wildman–Crippen LogP) is 1.06. The highest BCUT2D eigenvalue weighted by atomic mass is 16.5. The summed E-state index contributed by atoms with van der Waals surface area (Å²) < 4.78 is 5.17. The maximum absolute atomic E-state index is 5.40. The summed E-state index contributed by atoms with van der Waals surface area (Å²) in [6.07, 6.45) is 1.63. The van der Waals surface area contributed by atoms with Crippen molar-refractivity contribution in [1.29, 1.82) is 0 Å². The molecule has 0 aromatic carbocycles. The van der Waals surface area contributed by atoms with Crippen molar-refractivity contribution in [2.75, 3.05) is 12.3 Å². The van der Waals surface area contributed by atoms with Gasteiger partial charge in [0, 0.05) is 12.3 Å². The molecule has 1 aromatic heterocycles. The van der Waals surface area contributed by atoms with E-state index in [2.05, 4.69) is 4.98 Å². The fourth-order valence-corrected chi connectivity index (χ4v) is 0.684. The second kappa shape index (κ2) is 3.06. The van der Waals surface area contributed by atoms with Crippen LogP contribution in [0.2, 0.25) is 0 Å². The topological polar surface area (TPSA) is 48.1 Å². The smallest absolute Gasteiger partial charge is 0.126 e. The summed E-state index contributed by atoms with van der Waals surface area (Å²) in [6, 6.07) is 3.48. The van der Waals surface area contributed by atoms with Crippen LogP contribution < -0.4 is 10.5 Å². The zero-order chi connectivity index (χ0) is 7.40. The molecule has 0 saturated carbocycles. The number of rotatable bonds is 2. The second-order valence-electron chi connectivity index (χ2n) is 1.85. The highest BCUT2D eigenvalue weighted by molar-refractivity contribution is 5.35. The third-order valence-corrected chi connectivity index (χ3v) is 1.06. The lowest BCUT2D eigenvalue weighted by Crippen LogP contribution is -1.94. The van der Waals surface area contributed by atoms with Gasteiger partial charge < -0.3 is 10.5 Å². The largest absolute Gasteiger partial charge is 0.494 e. The molecule has 0 bridgehead atoms. The van der Waals surface area contributed by atoms with E-state index in [9.17, 15) is 0 Å². The van der Waals surface area contributed by atoms with Gasteiger partial charge in [0.05, 0.1) is 6.61 Å². The number of aromatic nitrogens is 1. The molecule has 1 heterocycles. The minimum Gasteiger partial charge on any atom is -0.494 e. The number of anilines is 1. The van der Waals surface area contributed by atoms with Crippen LogP contribution in [0.1, 0.15) is 6.92 Å². The Morgan fingerprint density at radius 1 is 1.70 bits per heavy atom. The van der Waals surface area contributed by atoms with Gasteiger partial charge in [0.2, 0.25) is 0 Å². The lowest BCUT2D eigenvalue weighted by atomic mass is 10.4. The molecule has 0 unspecified atom stereocenters. The molecule has 0 aliphatic carbocycles. The maximum Gasteiger partial charge on any atom is 0.126 e. The van der Waals surface area contributed by atoms with Crippen LogP contribution in [0.15, 0.2) is 18.3 Å². The van der Waals surface area contributed by atoms with E-state index < -0.39 is 0 Å². The van der Waals surface area contributed by atoms with Crippen LogP contribution in [-0.2, 0) is 0 Å². The van der Waals surface area contributed by atoms with Gasteiger partial charge in [0.15, 0.2) is 0 Å². The molecule has 0 aliphatic rings. The average Bonchev–Trinajstić information content (AvgIpc) is 1.88. The Morgan fingerprint density at radius 3 is 3.10 bits per heavy atom. The zero-order valence-corrected chi connectivity index (χ0v) is 5.87. The van der Waals surface area contributed by atoms with Crippen LogP contribution in [-0.4, -0.2) is 11.6 Å². The van der Waals surface area contributed by atoms with Gasteiger partial charge in [-0.1, -0.05) is 0 Å². The Kier molecular flexibility index (Phi) is 2.10. The van der Waals surface area contributed by atoms with Crippen molar-refractivity contribution in [3.05, 3.63) is 18.3 Å². The Labute approximate surface area is 59.8 Å². The molecule has 54 valence electrons. The molecule has 0 saturated heterocycles. The monoisotopic (exact) mass is 138 g/mol. The fourth-order valence-electron chi connectivity index (χ4n) is 0.684. The highest BCUT2D eigenvalue weighted by Gasteiger charge is 1.90. The van der Waals surface area contributed by atoms with E-state index in [1.807, 2.05) is 6.92 Å². The van der Waals surface area contributed by atoms with Crippen molar-refractivity contribution in [1.82, 2.24) is 4.98 Å². The SMILES string of the molecule is CCOc1ccnc(N)c1. The minimum atomic E-state index is 0.492. The average molecular weight is 138 g/mol. The molecule has 1 rings (SSSR count). The van der Waals surface area contributed by atoms with E-state index >= 15 is 0 Å². The van der Waals surface area contributed by atoms with Gasteiger partial charge in [-0.15, -0.1) is 0 Å². The number of ether oxygens (including phenoxy) is 1. The van der Waals surface area contributed by atoms with Gasteiger partial charge in [-0.3, -0.25) is 0 Å². The maximum atomic E-state index is 5.40. The first kappa shape index (κ1) is 6.86. The van der Waals surface area contributed by atoms with Crippen LogP contribution in [0.4, 0.5) is 5.82 Å². The number of hydrogen-bond donors (Lipinski definition) is 1. The highest BCUT2D eigenvalue weighted by Crippen LogP contribution is 2.10. The van der Waals surface area contributed by atoms with Crippen LogP contribution in [0, 0.1) is 0 Å². The summed E-state index contributed by atoms with van der Waals surface area (Å²) in [6.45, 7) is 2.58. The van der Waals surface area contributed by atoms with E-state index in [0.717, 1.165) is 5.75 Å². The molecule has 3 nitrogen and oxygen atoms in total. The second-order valence-corrected chi connectivity index (χ2v) is 1.85. The number of nitrogens with two attached hydrogens (primary N) is 1. The number of nitrogens with zero attached hydrogens (tertiary/aromatic N) is 1. The van der Waals surface area contributed by atoms with Gasteiger partial charge in [0.25, 0.3) is 0 Å². The molecule has 2 N–H and O–H groups in total. The third-order valence-electron chi connectivity index (χ3n) is 1.06. The predicted molar refractivity (Wildman–Crippen MR) is 39.8 cm³/mol. The van der Waals surface area contributed by atoms with E-state index in [-0.39, 0.29) is 0 Å². The van der Waals surface area contributed by atoms with E-state index in [4.69, 9.17) is 10.5 Å². The van der Waals surface area contributed by atoms with Crippen molar-refractivity contribution < 1.29 is 4.74 Å². The molecule has 0 spiro atoms. The van der Waals surface area contributed by atoms with Gasteiger partial charge in [-0.25, -0.2) is 4.98 Å². The van der Waals surface area contributed by atoms with E-state index in [1.54, 1.807) is 18.3 Å². The molecule has 0 radical (unpaired) electrons. The number of pyridine rings is 1. The molecular formula is C7H10N2O. The zero-order valence-electron chi connectivity index (χ0n) is 5.87. The molecule has 3 heteroatoms. The lowest BCUT2D eigenvalue weighted by Gasteiger charge is -2.01. The van der Waals surface area contributed by atoms with Crippen LogP contribution in [0.25, 0.3) is 0 Å². The number of hydrogen-bond acceptors (Lipinski definition) is 3. The van der Waals surface area contributed by atoms with Crippen LogP contribution >= 0.6 is 0 Å². The Hall–Kier alpha value is -1.25. The molecule has 0 atom stereocenters. The molecule has 0 amide bonds. The lowest BCUT2D eigenvalue weighted by molar-refractivity contribution is 0.340. The Balaban J connectivity index is 2.75. The number of nitrogen functional groups attached to an aromatic ring is 1. The summed E-state index contributed by atoms with van der Waals surface area (Å²) in [4.78, 5) is 3.82. The van der Waals surface area contributed by atoms with E-state index in [1.165, 1.54) is 0 Å². The van der Waals surface area contributed by atoms with Crippen molar-refractivity contribution in [3.63, 3.8) is 0 Å². The Morgan fingerprint density at radius 2 is 2.50 bits per heavy atom. The van der Waals surface area contributed by atoms with Gasteiger partial charge in [0.1, 0.15) is 11.6 Å². The molecular weight excluding hydrogens is 128 g/mol. The van der Waals surface area contributed by atoms with Gasteiger partial charge in [-0.05, 0) is 13.0 Å². The molecule has 1 aromatic rings. The Bertz CT molecular complexity index is 213. The van der Waals surface area contributed by atoms with Crippen LogP contribution in [0.3, 0.4) is 0 Å². The first-order valence-corrected chi connectivity index (χ1v) is 3.17. The van der Waals surface area contributed by atoms with Gasteiger partial charge >= 0.3 is 0 Å². The fraction of sp³-hybridized carbons (Fsp3) is 0.286.